The van der Waals surface area contributed by atoms with Gasteiger partial charge in [0.15, 0.2) is 11.1 Å². The van der Waals surface area contributed by atoms with Crippen LogP contribution in [-0.2, 0) is 20.0 Å². The minimum atomic E-state index is 0. The third-order valence-corrected chi connectivity index (χ3v) is 6.26. The SMILES string of the molecule is CN=C(NCCc1csc(N2CCCC2)n1)NCc1cc(Cl)c(Cl)n1C.I. The maximum absolute atomic E-state index is 6.10. The number of hydrogen-bond acceptors (Lipinski definition) is 4. The van der Waals surface area contributed by atoms with E-state index < -0.39 is 0 Å². The highest BCUT2D eigenvalue weighted by Gasteiger charge is 2.15. The van der Waals surface area contributed by atoms with Gasteiger partial charge in [0, 0.05) is 51.2 Å². The van der Waals surface area contributed by atoms with Crippen molar-refractivity contribution in [1.82, 2.24) is 20.2 Å². The number of nitrogens with one attached hydrogen (secondary N) is 2. The molecule has 6 nitrogen and oxygen atoms in total. The van der Waals surface area contributed by atoms with Gasteiger partial charge in [0.25, 0.3) is 0 Å². The summed E-state index contributed by atoms with van der Waals surface area (Å²) < 4.78 is 1.86. The molecule has 0 unspecified atom stereocenters. The molecule has 150 valence electrons. The molecule has 1 saturated heterocycles. The van der Waals surface area contributed by atoms with E-state index in [-0.39, 0.29) is 24.0 Å². The van der Waals surface area contributed by atoms with E-state index in [2.05, 4.69) is 25.9 Å². The Morgan fingerprint density at radius 2 is 2.04 bits per heavy atom. The van der Waals surface area contributed by atoms with Gasteiger partial charge in [-0.1, -0.05) is 23.2 Å². The zero-order chi connectivity index (χ0) is 18.5. The summed E-state index contributed by atoms with van der Waals surface area (Å²) in [5.41, 5.74) is 2.12. The van der Waals surface area contributed by atoms with Gasteiger partial charge in [0.2, 0.25) is 0 Å². The molecule has 0 amide bonds. The van der Waals surface area contributed by atoms with Gasteiger partial charge in [0.05, 0.1) is 17.3 Å². The van der Waals surface area contributed by atoms with Crippen molar-refractivity contribution in [2.75, 3.05) is 31.6 Å². The van der Waals surface area contributed by atoms with Crippen molar-refractivity contribution < 1.29 is 0 Å². The number of nitrogens with zero attached hydrogens (tertiary/aromatic N) is 4. The second-order valence-electron chi connectivity index (χ2n) is 6.25. The normalized spacial score (nSPS) is 14.4. The molecule has 10 heteroatoms. The smallest absolute Gasteiger partial charge is 0.191 e. The van der Waals surface area contributed by atoms with Crippen LogP contribution in [0.4, 0.5) is 5.13 Å². The molecule has 0 saturated carbocycles. The lowest BCUT2D eigenvalue weighted by Gasteiger charge is -2.13. The second-order valence-corrected chi connectivity index (χ2v) is 7.85. The molecule has 27 heavy (non-hydrogen) atoms. The summed E-state index contributed by atoms with van der Waals surface area (Å²) >= 11 is 13.9. The highest BCUT2D eigenvalue weighted by molar-refractivity contribution is 14.0. The highest BCUT2D eigenvalue weighted by atomic mass is 127. The van der Waals surface area contributed by atoms with Gasteiger partial charge >= 0.3 is 0 Å². The fourth-order valence-corrected chi connectivity index (χ4v) is 4.26. The predicted octanol–water partition coefficient (Wildman–Crippen LogP) is 3.91. The first-order chi connectivity index (χ1) is 12.6. The zero-order valence-electron chi connectivity index (χ0n) is 15.5. The Hall–Kier alpha value is -0.710. The molecule has 0 aromatic carbocycles. The molecule has 0 radical (unpaired) electrons. The highest BCUT2D eigenvalue weighted by Crippen LogP contribution is 2.25. The van der Waals surface area contributed by atoms with Crippen LogP contribution in [0.15, 0.2) is 16.4 Å². The largest absolute Gasteiger partial charge is 0.356 e. The summed E-state index contributed by atoms with van der Waals surface area (Å²) in [7, 11) is 3.65. The molecular formula is C17H25Cl2IN6S. The van der Waals surface area contributed by atoms with Crippen molar-refractivity contribution in [2.45, 2.75) is 25.8 Å². The monoisotopic (exact) mass is 542 g/mol. The van der Waals surface area contributed by atoms with Crippen LogP contribution in [0.25, 0.3) is 0 Å². The predicted molar refractivity (Wildman–Crippen MR) is 126 cm³/mol. The Kier molecular flexibility index (Phi) is 8.97. The van der Waals surface area contributed by atoms with Gasteiger partial charge in [-0.3, -0.25) is 4.99 Å². The van der Waals surface area contributed by atoms with Crippen molar-refractivity contribution in [1.29, 1.82) is 0 Å². The van der Waals surface area contributed by atoms with E-state index in [0.717, 1.165) is 48.5 Å². The Balaban J connectivity index is 0.00000261. The molecule has 2 N–H and O–H groups in total. The Bertz CT molecular complexity index is 770. The lowest BCUT2D eigenvalue weighted by molar-refractivity contribution is 0.744. The van der Waals surface area contributed by atoms with E-state index in [1.54, 1.807) is 18.4 Å². The van der Waals surface area contributed by atoms with Crippen molar-refractivity contribution in [3.8, 4) is 0 Å². The van der Waals surface area contributed by atoms with Crippen LogP contribution in [0.1, 0.15) is 24.2 Å². The van der Waals surface area contributed by atoms with Crippen LogP contribution in [0.5, 0.6) is 0 Å². The van der Waals surface area contributed by atoms with Crippen LogP contribution in [0, 0.1) is 0 Å². The molecule has 1 aliphatic rings. The summed E-state index contributed by atoms with van der Waals surface area (Å²) in [6, 6.07) is 1.86. The minimum Gasteiger partial charge on any atom is -0.356 e. The van der Waals surface area contributed by atoms with Gasteiger partial charge in [-0.15, -0.1) is 35.3 Å². The molecule has 2 aromatic heterocycles. The van der Waals surface area contributed by atoms with Crippen LogP contribution in [0.2, 0.25) is 10.2 Å². The molecule has 2 aromatic rings. The number of thiazole rings is 1. The second kappa shape index (κ2) is 10.7. The van der Waals surface area contributed by atoms with Gasteiger partial charge in [0.1, 0.15) is 5.15 Å². The topological polar surface area (TPSA) is 57.5 Å². The first-order valence-electron chi connectivity index (χ1n) is 8.72. The Morgan fingerprint density at radius 3 is 2.67 bits per heavy atom. The average Bonchev–Trinajstić information content (AvgIpc) is 3.36. The Morgan fingerprint density at radius 1 is 1.30 bits per heavy atom. The molecule has 3 rings (SSSR count). The standard InChI is InChI=1S/C17H24Cl2N6S.HI/c1-20-16(22-10-13-9-14(18)15(19)24(13)2)21-6-5-12-11-26-17(23-12)25-7-3-4-8-25;/h9,11H,3-8,10H2,1-2H3,(H2,20,21,22);1H. The van der Waals surface area contributed by atoms with E-state index in [4.69, 9.17) is 28.2 Å². The van der Waals surface area contributed by atoms with Gasteiger partial charge in [-0.25, -0.2) is 4.98 Å². The summed E-state index contributed by atoms with van der Waals surface area (Å²) in [6.07, 6.45) is 3.42. The van der Waals surface area contributed by atoms with Crippen molar-refractivity contribution >= 4 is 69.6 Å². The lowest BCUT2D eigenvalue weighted by atomic mass is 10.3. The summed E-state index contributed by atoms with van der Waals surface area (Å²) in [4.78, 5) is 11.4. The van der Waals surface area contributed by atoms with Crippen molar-refractivity contribution in [2.24, 2.45) is 12.0 Å². The van der Waals surface area contributed by atoms with Crippen LogP contribution < -0.4 is 15.5 Å². The molecule has 0 spiro atoms. The van der Waals surface area contributed by atoms with Gasteiger partial charge in [-0.05, 0) is 18.9 Å². The van der Waals surface area contributed by atoms with E-state index in [0.29, 0.717) is 16.7 Å². The zero-order valence-corrected chi connectivity index (χ0v) is 20.1. The molecule has 0 atom stereocenters. The van der Waals surface area contributed by atoms with E-state index in [1.807, 2.05) is 17.7 Å². The summed E-state index contributed by atoms with van der Waals surface area (Å²) in [5.74, 6) is 0.744. The number of anilines is 1. The lowest BCUT2D eigenvalue weighted by Crippen LogP contribution is -2.38. The fraction of sp³-hybridized carbons (Fsp3) is 0.529. The van der Waals surface area contributed by atoms with Crippen LogP contribution in [-0.4, -0.2) is 42.2 Å². The molecule has 3 heterocycles. The van der Waals surface area contributed by atoms with Crippen molar-refractivity contribution in [3.63, 3.8) is 0 Å². The van der Waals surface area contributed by atoms with Crippen molar-refractivity contribution in [3.05, 3.63) is 33.0 Å². The van der Waals surface area contributed by atoms with Gasteiger partial charge < -0.3 is 20.1 Å². The fourth-order valence-electron chi connectivity index (χ4n) is 2.93. The number of hydrogen-bond donors (Lipinski definition) is 2. The third-order valence-electron chi connectivity index (χ3n) is 4.47. The number of halogens is 3. The van der Waals surface area contributed by atoms with E-state index in [1.165, 1.54) is 12.8 Å². The quantitative estimate of drug-likeness (QED) is 0.330. The Labute approximate surface area is 191 Å². The molecule has 1 fully saturated rings. The number of rotatable bonds is 6. The number of aromatic nitrogens is 2. The van der Waals surface area contributed by atoms with E-state index >= 15 is 0 Å². The maximum Gasteiger partial charge on any atom is 0.191 e. The molecular weight excluding hydrogens is 518 g/mol. The van der Waals surface area contributed by atoms with Crippen LogP contribution in [0.3, 0.4) is 0 Å². The first kappa shape index (κ1) is 22.6. The van der Waals surface area contributed by atoms with E-state index in [9.17, 15) is 0 Å². The van der Waals surface area contributed by atoms with Crippen LogP contribution >= 0.6 is 58.5 Å². The molecule has 0 aliphatic carbocycles. The molecule has 1 aliphatic heterocycles. The molecule has 0 bridgehead atoms. The minimum absolute atomic E-state index is 0. The number of aliphatic imine (C=N–C) groups is 1. The van der Waals surface area contributed by atoms with Gasteiger partial charge in [-0.2, -0.15) is 0 Å². The number of guanidine groups is 1. The first-order valence-corrected chi connectivity index (χ1v) is 10.4. The third kappa shape index (κ3) is 5.88. The summed E-state index contributed by atoms with van der Waals surface area (Å²) in [5, 5.41) is 11.0. The maximum atomic E-state index is 6.10. The average molecular weight is 543 g/mol. The summed E-state index contributed by atoms with van der Waals surface area (Å²) in [6.45, 7) is 3.64.